The number of nitrogens with one attached hydrogen (secondary N) is 1. The number of aliphatic carboxylic acids is 1. The minimum absolute atomic E-state index is 0.112. The number of nitro groups is 1. The third-order valence-corrected chi connectivity index (χ3v) is 3.44. The van der Waals surface area contributed by atoms with Gasteiger partial charge in [0, 0.05) is 24.4 Å². The Morgan fingerprint density at radius 1 is 1.48 bits per heavy atom. The molecule has 1 unspecified atom stereocenters. The molecule has 0 radical (unpaired) electrons. The minimum atomic E-state index is -0.895. The van der Waals surface area contributed by atoms with Crippen molar-refractivity contribution in [3.8, 4) is 5.75 Å². The molecule has 0 fully saturated rings. The van der Waals surface area contributed by atoms with Crippen LogP contribution >= 0.6 is 0 Å². The van der Waals surface area contributed by atoms with Crippen LogP contribution in [0.1, 0.15) is 27.2 Å². The Morgan fingerprint density at radius 3 is 2.62 bits per heavy atom. The van der Waals surface area contributed by atoms with Crippen LogP contribution in [-0.4, -0.2) is 29.2 Å². The van der Waals surface area contributed by atoms with Crippen molar-refractivity contribution in [1.29, 1.82) is 0 Å². The number of anilines is 1. The van der Waals surface area contributed by atoms with E-state index in [-0.39, 0.29) is 18.0 Å². The molecule has 1 aromatic carbocycles. The van der Waals surface area contributed by atoms with Crippen LogP contribution < -0.4 is 10.1 Å². The zero-order valence-corrected chi connectivity index (χ0v) is 12.4. The molecule has 2 N–H and O–H groups in total. The highest BCUT2D eigenvalue weighted by Gasteiger charge is 2.30. The summed E-state index contributed by atoms with van der Waals surface area (Å²) in [5.41, 5.74) is -0.419. The molecule has 0 saturated heterocycles. The number of ether oxygens (including phenoxy) is 1. The fourth-order valence-electron chi connectivity index (χ4n) is 1.70. The molecule has 0 heterocycles. The van der Waals surface area contributed by atoms with Crippen LogP contribution in [0.4, 0.5) is 11.4 Å². The maximum Gasteiger partial charge on any atom is 0.311 e. The van der Waals surface area contributed by atoms with Crippen LogP contribution in [0.3, 0.4) is 0 Å². The largest absolute Gasteiger partial charge is 0.487 e. The normalized spacial score (nSPS) is 13.3. The predicted octanol–water partition coefficient (Wildman–Crippen LogP) is 2.91. The average molecular weight is 296 g/mol. The maximum atomic E-state index is 11.2. The van der Waals surface area contributed by atoms with Gasteiger partial charge in [0.25, 0.3) is 0 Å². The van der Waals surface area contributed by atoms with Crippen LogP contribution in [-0.2, 0) is 4.79 Å². The first kappa shape index (κ1) is 16.7. The van der Waals surface area contributed by atoms with Gasteiger partial charge in [-0.1, -0.05) is 6.92 Å². The number of carboxylic acids is 1. The smallest absolute Gasteiger partial charge is 0.311 e. The molecule has 21 heavy (non-hydrogen) atoms. The summed E-state index contributed by atoms with van der Waals surface area (Å²) in [6.45, 7) is 5.73. The SMILES string of the molecule is CCOc1cc(NCC(C)(CC)C(=O)O)ccc1[N+](=O)[O-]. The molecule has 0 aliphatic carbocycles. The van der Waals surface area contributed by atoms with Crippen molar-refractivity contribution in [3.05, 3.63) is 28.3 Å². The Morgan fingerprint density at radius 2 is 2.14 bits per heavy atom. The molecule has 0 saturated carbocycles. The molecule has 7 heteroatoms. The van der Waals surface area contributed by atoms with Gasteiger partial charge in [0.05, 0.1) is 16.9 Å². The zero-order valence-electron chi connectivity index (χ0n) is 12.4. The summed E-state index contributed by atoms with van der Waals surface area (Å²) in [6, 6.07) is 4.40. The van der Waals surface area contributed by atoms with Gasteiger partial charge in [-0.3, -0.25) is 14.9 Å². The molecule has 0 aliphatic heterocycles. The second-order valence-electron chi connectivity index (χ2n) is 4.95. The van der Waals surface area contributed by atoms with Crippen LogP contribution in [0.15, 0.2) is 18.2 Å². The lowest BCUT2D eigenvalue weighted by molar-refractivity contribution is -0.385. The Bertz CT molecular complexity index is 532. The van der Waals surface area contributed by atoms with E-state index in [0.29, 0.717) is 18.7 Å². The summed E-state index contributed by atoms with van der Waals surface area (Å²) in [5, 5.41) is 23.1. The van der Waals surface area contributed by atoms with E-state index in [2.05, 4.69) is 5.32 Å². The van der Waals surface area contributed by atoms with Crippen molar-refractivity contribution in [2.45, 2.75) is 27.2 Å². The highest BCUT2D eigenvalue weighted by Crippen LogP contribution is 2.31. The van der Waals surface area contributed by atoms with Gasteiger partial charge in [0.15, 0.2) is 5.75 Å². The van der Waals surface area contributed by atoms with Gasteiger partial charge in [0.1, 0.15) is 0 Å². The van der Waals surface area contributed by atoms with Crippen molar-refractivity contribution in [3.63, 3.8) is 0 Å². The summed E-state index contributed by atoms with van der Waals surface area (Å²) >= 11 is 0. The number of nitro benzene ring substituents is 1. The molecule has 0 bridgehead atoms. The molecule has 1 atom stereocenters. The van der Waals surface area contributed by atoms with E-state index in [1.54, 1.807) is 26.8 Å². The lowest BCUT2D eigenvalue weighted by atomic mass is 9.87. The highest BCUT2D eigenvalue weighted by atomic mass is 16.6. The molecular formula is C14H20N2O5. The van der Waals surface area contributed by atoms with Gasteiger partial charge in [0.2, 0.25) is 0 Å². The Labute approximate surface area is 123 Å². The molecule has 0 spiro atoms. The average Bonchev–Trinajstić information content (AvgIpc) is 2.44. The van der Waals surface area contributed by atoms with Crippen molar-refractivity contribution >= 4 is 17.3 Å². The van der Waals surface area contributed by atoms with Crippen molar-refractivity contribution < 1.29 is 19.6 Å². The number of carboxylic acid groups (broad SMARTS) is 1. The first-order chi connectivity index (χ1) is 9.84. The number of carbonyl (C=O) groups is 1. The fourth-order valence-corrected chi connectivity index (χ4v) is 1.70. The zero-order chi connectivity index (χ0) is 16.0. The van der Waals surface area contributed by atoms with Crippen LogP contribution in [0.25, 0.3) is 0 Å². The molecule has 7 nitrogen and oxygen atoms in total. The van der Waals surface area contributed by atoms with Gasteiger partial charge >= 0.3 is 11.7 Å². The second-order valence-corrected chi connectivity index (χ2v) is 4.95. The number of benzene rings is 1. The lowest BCUT2D eigenvalue weighted by Crippen LogP contribution is -2.34. The quantitative estimate of drug-likeness (QED) is 0.565. The predicted molar refractivity (Wildman–Crippen MR) is 78.8 cm³/mol. The molecular weight excluding hydrogens is 276 g/mol. The van der Waals surface area contributed by atoms with Gasteiger partial charge in [-0.15, -0.1) is 0 Å². The van der Waals surface area contributed by atoms with E-state index < -0.39 is 16.3 Å². The number of nitrogens with zero attached hydrogens (tertiary/aromatic N) is 1. The van der Waals surface area contributed by atoms with E-state index >= 15 is 0 Å². The Hall–Kier alpha value is -2.31. The summed E-state index contributed by atoms with van der Waals surface area (Å²) in [6.07, 6.45) is 0.473. The highest BCUT2D eigenvalue weighted by molar-refractivity contribution is 5.75. The van der Waals surface area contributed by atoms with Crippen LogP contribution in [0.5, 0.6) is 5.75 Å². The van der Waals surface area contributed by atoms with Crippen LogP contribution in [0.2, 0.25) is 0 Å². The first-order valence-electron chi connectivity index (χ1n) is 6.72. The summed E-state index contributed by atoms with van der Waals surface area (Å²) in [7, 11) is 0. The summed E-state index contributed by atoms with van der Waals surface area (Å²) in [4.78, 5) is 21.6. The topological polar surface area (TPSA) is 102 Å². The summed E-state index contributed by atoms with van der Waals surface area (Å²) < 4.78 is 5.25. The van der Waals surface area contributed by atoms with E-state index in [1.807, 2.05) is 0 Å². The first-order valence-corrected chi connectivity index (χ1v) is 6.72. The molecule has 0 aliphatic rings. The van der Waals surface area contributed by atoms with Crippen molar-refractivity contribution in [2.75, 3.05) is 18.5 Å². The third kappa shape index (κ3) is 4.08. The Kier molecular flexibility index (Phi) is 5.52. The van der Waals surface area contributed by atoms with Gasteiger partial charge < -0.3 is 15.2 Å². The maximum absolute atomic E-state index is 11.2. The van der Waals surface area contributed by atoms with Crippen molar-refractivity contribution in [2.24, 2.45) is 5.41 Å². The third-order valence-electron chi connectivity index (χ3n) is 3.44. The van der Waals surface area contributed by atoms with Gasteiger partial charge in [-0.05, 0) is 26.3 Å². The van der Waals surface area contributed by atoms with E-state index in [4.69, 9.17) is 4.74 Å². The van der Waals surface area contributed by atoms with E-state index in [1.165, 1.54) is 12.1 Å². The standard InChI is InChI=1S/C14H20N2O5/c1-4-14(3,13(17)18)9-15-10-6-7-11(16(19)20)12(8-10)21-5-2/h6-8,15H,4-5,9H2,1-3H3,(H,17,18). The minimum Gasteiger partial charge on any atom is -0.487 e. The molecule has 116 valence electrons. The lowest BCUT2D eigenvalue weighted by Gasteiger charge is -2.24. The van der Waals surface area contributed by atoms with Crippen molar-refractivity contribution in [1.82, 2.24) is 0 Å². The monoisotopic (exact) mass is 296 g/mol. The van der Waals surface area contributed by atoms with Crippen LogP contribution in [0, 0.1) is 15.5 Å². The summed E-state index contributed by atoms with van der Waals surface area (Å²) in [5.74, 6) is -0.717. The molecule has 1 rings (SSSR count). The number of rotatable bonds is 8. The number of hydrogen-bond donors (Lipinski definition) is 2. The van der Waals surface area contributed by atoms with Gasteiger partial charge in [-0.25, -0.2) is 0 Å². The molecule has 1 aromatic rings. The Balaban J connectivity index is 2.92. The number of hydrogen-bond acceptors (Lipinski definition) is 5. The molecule has 0 aromatic heterocycles. The molecule has 0 amide bonds. The van der Waals surface area contributed by atoms with E-state index in [0.717, 1.165) is 0 Å². The second kappa shape index (κ2) is 6.92. The fraction of sp³-hybridized carbons (Fsp3) is 0.500. The van der Waals surface area contributed by atoms with E-state index in [9.17, 15) is 20.0 Å². The van der Waals surface area contributed by atoms with Gasteiger partial charge in [-0.2, -0.15) is 0 Å².